The molecule has 3 aromatic rings. The number of rotatable bonds is 7. The molecule has 0 aliphatic heterocycles. The standard InChI is InChI=1S/C20H21N3OS/c1-3-23-19(17-13-7-8-14-18(17)24-2)21-22-20(23)25-15-9-12-16-10-5-4-6-11-16/h4-14H,3,15H2,1-2H3/b12-9+. The molecule has 2 aromatic carbocycles. The van der Waals surface area contributed by atoms with Crippen LogP contribution in [0, 0.1) is 0 Å². The average molecular weight is 351 g/mol. The van der Waals surface area contributed by atoms with E-state index < -0.39 is 0 Å². The van der Waals surface area contributed by atoms with Crippen LogP contribution in [0.5, 0.6) is 5.75 Å². The molecule has 3 rings (SSSR count). The third-order valence-electron chi connectivity index (χ3n) is 3.80. The molecule has 0 saturated carbocycles. The zero-order valence-electron chi connectivity index (χ0n) is 14.4. The predicted molar refractivity (Wildman–Crippen MR) is 104 cm³/mol. The molecule has 1 aromatic heterocycles. The third kappa shape index (κ3) is 4.12. The van der Waals surface area contributed by atoms with E-state index in [2.05, 4.69) is 46.0 Å². The Bertz CT molecular complexity index is 843. The minimum Gasteiger partial charge on any atom is -0.496 e. The molecule has 25 heavy (non-hydrogen) atoms. The maximum Gasteiger partial charge on any atom is 0.191 e. The first kappa shape index (κ1) is 17.3. The molecule has 0 unspecified atom stereocenters. The van der Waals surface area contributed by atoms with E-state index in [0.29, 0.717) is 0 Å². The number of benzene rings is 2. The van der Waals surface area contributed by atoms with E-state index in [1.165, 1.54) is 5.56 Å². The molecule has 0 atom stereocenters. The SMILES string of the molecule is CCn1c(SC/C=C/c2ccccc2)nnc1-c1ccccc1OC. The lowest BCUT2D eigenvalue weighted by molar-refractivity contribution is 0.416. The summed E-state index contributed by atoms with van der Waals surface area (Å²) in [6.07, 6.45) is 4.28. The maximum absolute atomic E-state index is 5.46. The topological polar surface area (TPSA) is 39.9 Å². The second kappa shape index (κ2) is 8.53. The Morgan fingerprint density at radius 3 is 2.56 bits per heavy atom. The van der Waals surface area contributed by atoms with Gasteiger partial charge in [0.15, 0.2) is 11.0 Å². The molecule has 0 aliphatic rings. The van der Waals surface area contributed by atoms with E-state index in [0.717, 1.165) is 34.6 Å². The highest BCUT2D eigenvalue weighted by Crippen LogP contribution is 2.30. The van der Waals surface area contributed by atoms with E-state index in [-0.39, 0.29) is 0 Å². The molecule has 1 heterocycles. The maximum atomic E-state index is 5.46. The minimum absolute atomic E-state index is 0.810. The summed E-state index contributed by atoms with van der Waals surface area (Å²) in [5.41, 5.74) is 2.17. The van der Waals surface area contributed by atoms with Crippen LogP contribution >= 0.6 is 11.8 Å². The molecule has 0 N–H and O–H groups in total. The Hall–Kier alpha value is -2.53. The summed E-state index contributed by atoms with van der Waals surface area (Å²) in [7, 11) is 1.68. The summed E-state index contributed by atoms with van der Waals surface area (Å²) in [6, 6.07) is 18.2. The van der Waals surface area contributed by atoms with Crippen LogP contribution in [0.4, 0.5) is 0 Å². The molecule has 0 bridgehead atoms. The van der Waals surface area contributed by atoms with Gasteiger partial charge >= 0.3 is 0 Å². The largest absolute Gasteiger partial charge is 0.496 e. The molecular weight excluding hydrogens is 330 g/mol. The molecule has 128 valence electrons. The van der Waals surface area contributed by atoms with Gasteiger partial charge in [-0.1, -0.05) is 66.4 Å². The molecular formula is C20H21N3OS. The van der Waals surface area contributed by atoms with Crippen molar-refractivity contribution in [3.8, 4) is 17.1 Å². The number of nitrogens with zero attached hydrogens (tertiary/aromatic N) is 3. The molecule has 5 heteroatoms. The lowest BCUT2D eigenvalue weighted by Gasteiger charge is -2.09. The van der Waals surface area contributed by atoms with Gasteiger partial charge < -0.3 is 9.30 Å². The van der Waals surface area contributed by atoms with Crippen molar-refractivity contribution in [3.05, 3.63) is 66.2 Å². The fourth-order valence-corrected chi connectivity index (χ4v) is 3.39. The van der Waals surface area contributed by atoms with E-state index in [4.69, 9.17) is 4.74 Å². The second-order valence-electron chi connectivity index (χ2n) is 5.37. The van der Waals surface area contributed by atoms with Crippen LogP contribution in [0.3, 0.4) is 0 Å². The lowest BCUT2D eigenvalue weighted by atomic mass is 10.2. The summed E-state index contributed by atoms with van der Waals surface area (Å²) in [4.78, 5) is 0. The number of hydrogen-bond donors (Lipinski definition) is 0. The predicted octanol–water partition coefficient (Wildman–Crippen LogP) is 4.78. The molecule has 0 saturated heterocycles. The van der Waals surface area contributed by atoms with Gasteiger partial charge in [-0.25, -0.2) is 0 Å². The number of aromatic nitrogens is 3. The van der Waals surface area contributed by atoms with E-state index in [9.17, 15) is 0 Å². The second-order valence-corrected chi connectivity index (χ2v) is 6.36. The van der Waals surface area contributed by atoms with Crippen LogP contribution in [-0.4, -0.2) is 27.6 Å². The Labute approximate surface area is 152 Å². The van der Waals surface area contributed by atoms with Crippen LogP contribution in [0.1, 0.15) is 12.5 Å². The van der Waals surface area contributed by atoms with Gasteiger partial charge in [-0.3, -0.25) is 0 Å². The van der Waals surface area contributed by atoms with Gasteiger partial charge in [-0.2, -0.15) is 0 Å². The van der Waals surface area contributed by atoms with Crippen LogP contribution < -0.4 is 4.74 Å². The highest BCUT2D eigenvalue weighted by atomic mass is 32.2. The summed E-state index contributed by atoms with van der Waals surface area (Å²) < 4.78 is 7.58. The van der Waals surface area contributed by atoms with Crippen LogP contribution in [-0.2, 0) is 6.54 Å². The zero-order chi connectivity index (χ0) is 17.5. The normalized spacial score (nSPS) is 11.1. The number of ether oxygens (including phenoxy) is 1. The lowest BCUT2D eigenvalue weighted by Crippen LogP contribution is -2.01. The van der Waals surface area contributed by atoms with Gasteiger partial charge in [-0.15, -0.1) is 10.2 Å². The fourth-order valence-electron chi connectivity index (χ4n) is 2.58. The first-order valence-corrected chi connectivity index (χ1v) is 9.23. The first-order valence-electron chi connectivity index (χ1n) is 8.24. The van der Waals surface area contributed by atoms with Crippen LogP contribution in [0.15, 0.2) is 65.8 Å². The Morgan fingerprint density at radius 2 is 1.80 bits per heavy atom. The minimum atomic E-state index is 0.810. The Morgan fingerprint density at radius 1 is 1.04 bits per heavy atom. The molecule has 0 aliphatic carbocycles. The summed E-state index contributed by atoms with van der Waals surface area (Å²) in [5.74, 6) is 2.50. The molecule has 4 nitrogen and oxygen atoms in total. The number of hydrogen-bond acceptors (Lipinski definition) is 4. The van der Waals surface area contributed by atoms with Gasteiger partial charge in [0.05, 0.1) is 12.7 Å². The molecule has 0 fully saturated rings. The number of methoxy groups -OCH3 is 1. The van der Waals surface area contributed by atoms with Gasteiger partial charge in [0, 0.05) is 12.3 Å². The van der Waals surface area contributed by atoms with Crippen molar-refractivity contribution in [2.75, 3.05) is 12.9 Å². The summed E-state index contributed by atoms with van der Waals surface area (Å²) >= 11 is 1.68. The zero-order valence-corrected chi connectivity index (χ0v) is 15.2. The molecule has 0 amide bonds. The average Bonchev–Trinajstić information content (AvgIpc) is 3.08. The van der Waals surface area contributed by atoms with Gasteiger partial charge in [-0.05, 0) is 24.6 Å². The van der Waals surface area contributed by atoms with Gasteiger partial charge in [0.2, 0.25) is 0 Å². The van der Waals surface area contributed by atoms with E-state index in [1.54, 1.807) is 18.9 Å². The van der Waals surface area contributed by atoms with Crippen molar-refractivity contribution >= 4 is 17.8 Å². The van der Waals surface area contributed by atoms with Crippen molar-refractivity contribution in [1.82, 2.24) is 14.8 Å². The summed E-state index contributed by atoms with van der Waals surface area (Å²) in [5, 5.41) is 9.68. The third-order valence-corrected chi connectivity index (χ3v) is 4.72. The number of thioether (sulfide) groups is 1. The monoisotopic (exact) mass is 351 g/mol. The van der Waals surface area contributed by atoms with Crippen molar-refractivity contribution in [2.24, 2.45) is 0 Å². The van der Waals surface area contributed by atoms with Crippen molar-refractivity contribution in [1.29, 1.82) is 0 Å². The van der Waals surface area contributed by atoms with Crippen LogP contribution in [0.25, 0.3) is 17.5 Å². The molecule has 0 spiro atoms. The first-order chi connectivity index (χ1) is 12.3. The summed E-state index contributed by atoms with van der Waals surface area (Å²) in [6.45, 7) is 2.91. The Balaban J connectivity index is 1.75. The highest BCUT2D eigenvalue weighted by molar-refractivity contribution is 7.99. The van der Waals surface area contributed by atoms with Crippen molar-refractivity contribution in [2.45, 2.75) is 18.6 Å². The number of para-hydroxylation sites is 1. The smallest absolute Gasteiger partial charge is 0.191 e. The highest BCUT2D eigenvalue weighted by Gasteiger charge is 2.15. The van der Waals surface area contributed by atoms with Crippen LogP contribution in [0.2, 0.25) is 0 Å². The Kier molecular flexibility index (Phi) is 5.90. The fraction of sp³-hybridized carbons (Fsp3) is 0.200. The van der Waals surface area contributed by atoms with E-state index in [1.807, 2.05) is 42.5 Å². The van der Waals surface area contributed by atoms with Gasteiger partial charge in [0.25, 0.3) is 0 Å². The quantitative estimate of drug-likeness (QED) is 0.574. The van der Waals surface area contributed by atoms with Crippen molar-refractivity contribution in [3.63, 3.8) is 0 Å². The van der Waals surface area contributed by atoms with Crippen molar-refractivity contribution < 1.29 is 4.74 Å². The molecule has 0 radical (unpaired) electrons. The van der Waals surface area contributed by atoms with E-state index >= 15 is 0 Å². The van der Waals surface area contributed by atoms with Gasteiger partial charge in [0.1, 0.15) is 5.75 Å².